The summed E-state index contributed by atoms with van der Waals surface area (Å²) in [5.74, 6) is -2.89. The number of rotatable bonds is 9. The zero-order chi connectivity index (χ0) is 24.1. The largest absolute Gasteiger partial charge is 0.349 e. The van der Waals surface area contributed by atoms with Crippen molar-refractivity contribution in [3.05, 3.63) is 29.6 Å². The normalized spacial score (nSPS) is 21.6. The summed E-state index contributed by atoms with van der Waals surface area (Å²) in [5.41, 5.74) is 5.85. The molecule has 1 aromatic carbocycles. The summed E-state index contributed by atoms with van der Waals surface area (Å²) in [5, 5.41) is 2.98. The monoisotopic (exact) mass is 472 g/mol. The Morgan fingerprint density at radius 3 is 2.52 bits per heavy atom. The molecular formula is C23H29F5N4O. The van der Waals surface area contributed by atoms with E-state index in [4.69, 9.17) is 5.73 Å². The number of carbonyl (C=O) groups is 1. The average Bonchev–Trinajstić information content (AvgIpc) is 3.47. The van der Waals surface area contributed by atoms with Gasteiger partial charge in [-0.25, -0.2) is 26.9 Å². The van der Waals surface area contributed by atoms with Gasteiger partial charge >= 0.3 is 0 Å². The van der Waals surface area contributed by atoms with Crippen molar-refractivity contribution in [2.45, 2.75) is 76.6 Å². The van der Waals surface area contributed by atoms with Crippen molar-refractivity contribution in [1.82, 2.24) is 15.3 Å². The number of halogens is 5. The number of amides is 1. The van der Waals surface area contributed by atoms with Crippen LogP contribution in [0.1, 0.15) is 69.4 Å². The quantitative estimate of drug-likeness (QED) is 0.439. The zero-order valence-electron chi connectivity index (χ0n) is 18.6. The highest BCUT2D eigenvalue weighted by Crippen LogP contribution is 2.45. The summed E-state index contributed by atoms with van der Waals surface area (Å²) in [6.07, 6.45) is -3.46. The molecule has 2 saturated carbocycles. The third-order valence-electron chi connectivity index (χ3n) is 6.85. The number of hydrogen-bond acceptors (Lipinski definition) is 3. The van der Waals surface area contributed by atoms with Gasteiger partial charge in [0, 0.05) is 19.3 Å². The van der Waals surface area contributed by atoms with E-state index in [-0.39, 0.29) is 48.9 Å². The van der Waals surface area contributed by atoms with Gasteiger partial charge in [0.25, 0.3) is 0 Å². The fourth-order valence-electron chi connectivity index (χ4n) is 4.45. The SMILES string of the molecule is CC(C)(C(F)F)C(F)[C@@H](N)c1nc2ccc([C@H](NC(=O)CC3CC(F)(F)C3)C3CC3)cc2[nH]1. The molecule has 2 aliphatic carbocycles. The first kappa shape index (κ1) is 23.9. The second-order valence-corrected chi connectivity index (χ2v) is 10.2. The molecule has 1 heterocycles. The number of benzene rings is 1. The van der Waals surface area contributed by atoms with E-state index >= 15 is 0 Å². The highest BCUT2D eigenvalue weighted by Gasteiger charge is 2.46. The van der Waals surface area contributed by atoms with Gasteiger partial charge in [-0.15, -0.1) is 0 Å². The van der Waals surface area contributed by atoms with Crippen molar-refractivity contribution in [3.8, 4) is 0 Å². The minimum atomic E-state index is -2.89. The van der Waals surface area contributed by atoms with E-state index in [1.54, 1.807) is 18.2 Å². The summed E-state index contributed by atoms with van der Waals surface area (Å²) in [6.45, 7) is 2.24. The van der Waals surface area contributed by atoms with Crippen molar-refractivity contribution >= 4 is 16.9 Å². The molecule has 3 atom stereocenters. The first-order valence-corrected chi connectivity index (χ1v) is 11.2. The van der Waals surface area contributed by atoms with Gasteiger partial charge in [0.2, 0.25) is 18.3 Å². The third kappa shape index (κ3) is 5.00. The summed E-state index contributed by atoms with van der Waals surface area (Å²) in [7, 11) is 0. The highest BCUT2D eigenvalue weighted by atomic mass is 19.3. The molecule has 2 aliphatic rings. The van der Waals surface area contributed by atoms with E-state index < -0.39 is 30.0 Å². The standard InChI is InChI=1S/C23H29F5N4O/c1-22(2,21(25)26)19(24)17(29)20-30-14-6-5-13(8-15(14)31-20)18(12-3-4-12)32-16(33)7-11-9-23(27,28)10-11/h5-6,8,11-12,17-19,21H,3-4,7,9-10,29H2,1-2H3,(H,30,31)(H,32,33)/t17-,18-,19?/m1/s1. The van der Waals surface area contributed by atoms with Gasteiger partial charge in [0.1, 0.15) is 12.0 Å². The van der Waals surface area contributed by atoms with Crippen molar-refractivity contribution in [2.75, 3.05) is 0 Å². The first-order valence-electron chi connectivity index (χ1n) is 11.2. The molecule has 0 saturated heterocycles. The Morgan fingerprint density at radius 2 is 1.94 bits per heavy atom. The lowest BCUT2D eigenvalue weighted by molar-refractivity contribution is -0.134. The minimum absolute atomic E-state index is 0.0706. The average molecular weight is 473 g/mol. The highest BCUT2D eigenvalue weighted by molar-refractivity contribution is 5.78. The predicted octanol–water partition coefficient (Wildman–Crippen LogP) is 5.19. The number of nitrogens with two attached hydrogens (primary N) is 1. The van der Waals surface area contributed by atoms with Gasteiger partial charge < -0.3 is 16.0 Å². The second kappa shape index (κ2) is 8.52. The van der Waals surface area contributed by atoms with Crippen LogP contribution in [0.3, 0.4) is 0 Å². The molecule has 0 spiro atoms. The van der Waals surface area contributed by atoms with Crippen molar-refractivity contribution in [2.24, 2.45) is 23.0 Å². The Morgan fingerprint density at radius 1 is 1.27 bits per heavy atom. The maximum absolute atomic E-state index is 14.7. The van der Waals surface area contributed by atoms with E-state index in [0.29, 0.717) is 11.0 Å². The number of aromatic nitrogens is 2. The van der Waals surface area contributed by atoms with Crippen LogP contribution in [-0.2, 0) is 4.79 Å². The number of aromatic amines is 1. The number of alkyl halides is 5. The summed E-state index contributed by atoms with van der Waals surface area (Å²) >= 11 is 0. The van der Waals surface area contributed by atoms with Crippen molar-refractivity contribution < 1.29 is 26.7 Å². The van der Waals surface area contributed by atoms with Gasteiger partial charge in [0.15, 0.2) is 0 Å². The Labute approximate surface area is 188 Å². The van der Waals surface area contributed by atoms with Crippen LogP contribution >= 0.6 is 0 Å². The summed E-state index contributed by atoms with van der Waals surface area (Å²) in [4.78, 5) is 19.7. The van der Waals surface area contributed by atoms with E-state index in [9.17, 15) is 26.7 Å². The lowest BCUT2D eigenvalue weighted by Crippen LogP contribution is -2.40. The van der Waals surface area contributed by atoms with Crippen LogP contribution < -0.4 is 11.1 Å². The number of hydrogen-bond donors (Lipinski definition) is 3. The van der Waals surface area contributed by atoms with E-state index in [0.717, 1.165) is 32.3 Å². The van der Waals surface area contributed by atoms with E-state index in [2.05, 4.69) is 15.3 Å². The number of fused-ring (bicyclic) bond motifs is 1. The van der Waals surface area contributed by atoms with Gasteiger partial charge in [-0.2, -0.15) is 0 Å². The minimum Gasteiger partial charge on any atom is -0.349 e. The molecule has 0 bridgehead atoms. The second-order valence-electron chi connectivity index (χ2n) is 10.2. The maximum atomic E-state index is 14.7. The van der Waals surface area contributed by atoms with Gasteiger partial charge in [-0.1, -0.05) is 19.9 Å². The molecule has 4 N–H and O–H groups in total. The fraction of sp³-hybridized carbons (Fsp3) is 0.652. The molecule has 5 nitrogen and oxygen atoms in total. The number of imidazole rings is 1. The van der Waals surface area contributed by atoms with Gasteiger partial charge in [-0.3, -0.25) is 4.79 Å². The molecule has 2 aromatic rings. The fourth-order valence-corrected chi connectivity index (χ4v) is 4.45. The number of nitrogens with one attached hydrogen (secondary N) is 2. The molecular weight excluding hydrogens is 443 g/mol. The Balaban J connectivity index is 1.49. The maximum Gasteiger partial charge on any atom is 0.248 e. The van der Waals surface area contributed by atoms with Crippen LogP contribution in [0.2, 0.25) is 0 Å². The van der Waals surface area contributed by atoms with Crippen LogP contribution in [0.4, 0.5) is 22.0 Å². The van der Waals surface area contributed by atoms with E-state index in [1.807, 2.05) is 0 Å². The Kier molecular flexibility index (Phi) is 6.18. The molecule has 1 amide bonds. The third-order valence-corrected chi connectivity index (χ3v) is 6.85. The molecule has 0 radical (unpaired) electrons. The summed E-state index contributed by atoms with van der Waals surface area (Å²) in [6, 6.07) is 3.66. The van der Waals surface area contributed by atoms with Crippen LogP contribution in [-0.4, -0.2) is 34.4 Å². The van der Waals surface area contributed by atoms with Gasteiger partial charge in [0.05, 0.1) is 28.5 Å². The van der Waals surface area contributed by atoms with Crippen molar-refractivity contribution in [1.29, 1.82) is 0 Å². The lowest BCUT2D eigenvalue weighted by atomic mass is 9.79. The number of nitrogens with zero attached hydrogens (tertiary/aromatic N) is 1. The van der Waals surface area contributed by atoms with Crippen LogP contribution in [0, 0.1) is 17.3 Å². The Bertz CT molecular complexity index is 1010. The molecule has 0 aliphatic heterocycles. The molecule has 182 valence electrons. The summed E-state index contributed by atoms with van der Waals surface area (Å²) < 4.78 is 67.3. The molecule has 1 aromatic heterocycles. The smallest absolute Gasteiger partial charge is 0.248 e. The topological polar surface area (TPSA) is 83.8 Å². The predicted molar refractivity (Wildman–Crippen MR) is 114 cm³/mol. The first-order chi connectivity index (χ1) is 15.4. The lowest BCUT2D eigenvalue weighted by Gasteiger charge is -2.34. The van der Waals surface area contributed by atoms with E-state index in [1.165, 1.54) is 0 Å². The van der Waals surface area contributed by atoms with Crippen molar-refractivity contribution in [3.63, 3.8) is 0 Å². The number of H-pyrrole nitrogens is 1. The zero-order valence-corrected chi connectivity index (χ0v) is 18.6. The van der Waals surface area contributed by atoms with Crippen LogP contribution in [0.25, 0.3) is 11.0 Å². The molecule has 2 fully saturated rings. The van der Waals surface area contributed by atoms with Gasteiger partial charge in [-0.05, 0) is 42.4 Å². The van der Waals surface area contributed by atoms with Crippen LogP contribution in [0.15, 0.2) is 18.2 Å². The Hall–Kier alpha value is -2.23. The van der Waals surface area contributed by atoms with Crippen LogP contribution in [0.5, 0.6) is 0 Å². The molecule has 4 rings (SSSR count). The molecule has 1 unspecified atom stereocenters. The number of carbonyl (C=O) groups excluding carboxylic acids is 1. The molecule has 10 heteroatoms. The molecule has 33 heavy (non-hydrogen) atoms.